The van der Waals surface area contributed by atoms with Crippen molar-refractivity contribution in [2.75, 3.05) is 0 Å². The zero-order valence-electron chi connectivity index (χ0n) is 6.56. The molecule has 2 nitrogen and oxygen atoms in total. The molecule has 1 aromatic carbocycles. The lowest BCUT2D eigenvalue weighted by atomic mass is 10.1. The second kappa shape index (κ2) is 3.24. The zero-order chi connectivity index (χ0) is 8.39. The van der Waals surface area contributed by atoms with Crippen molar-refractivity contribution in [3.8, 4) is 5.75 Å². The summed E-state index contributed by atoms with van der Waals surface area (Å²) in [5.41, 5.74) is 1.20. The van der Waals surface area contributed by atoms with Crippen molar-refractivity contribution < 1.29 is 9.09 Å². The minimum Gasteiger partial charge on any atom is -0.407 e. The van der Waals surface area contributed by atoms with E-state index < -0.39 is 0 Å². The van der Waals surface area contributed by atoms with Gasteiger partial charge in [0, 0.05) is 0 Å². The number of para-hydroxylation sites is 1. The average molecular weight is 180 g/mol. The Balaban J connectivity index is 2.29. The van der Waals surface area contributed by atoms with Crippen LogP contribution >= 0.6 is 8.69 Å². The highest BCUT2D eigenvalue weighted by Crippen LogP contribution is 2.44. The standard InChI is InChI=1S/C9H9O2P/c10-12-11-9-4-2-1-3-8(9)7-5-6-7/h1-4,7H,5-6H2. The first kappa shape index (κ1) is 7.75. The van der Waals surface area contributed by atoms with E-state index in [2.05, 4.69) is 0 Å². The summed E-state index contributed by atoms with van der Waals surface area (Å²) in [6.07, 6.45) is 2.46. The van der Waals surface area contributed by atoms with Crippen LogP contribution in [-0.2, 0) is 4.57 Å². The topological polar surface area (TPSA) is 26.3 Å². The van der Waals surface area contributed by atoms with Crippen LogP contribution in [0.1, 0.15) is 24.3 Å². The largest absolute Gasteiger partial charge is 0.407 e. The summed E-state index contributed by atoms with van der Waals surface area (Å²) >= 11 is 0. The highest BCUT2D eigenvalue weighted by Gasteiger charge is 2.26. The molecule has 2 rings (SSSR count). The SMILES string of the molecule is O=POc1ccccc1C1CC1. The van der Waals surface area contributed by atoms with Crippen LogP contribution in [0.15, 0.2) is 24.3 Å². The zero-order valence-corrected chi connectivity index (χ0v) is 7.46. The van der Waals surface area contributed by atoms with Crippen LogP contribution in [0.25, 0.3) is 0 Å². The maximum Gasteiger partial charge on any atom is 0.395 e. The third-order valence-electron chi connectivity index (χ3n) is 2.07. The molecule has 0 amide bonds. The molecule has 0 aliphatic heterocycles. The van der Waals surface area contributed by atoms with Crippen LogP contribution in [0.4, 0.5) is 0 Å². The van der Waals surface area contributed by atoms with E-state index in [1.165, 1.54) is 18.4 Å². The molecule has 12 heavy (non-hydrogen) atoms. The van der Waals surface area contributed by atoms with Gasteiger partial charge in [-0.25, -0.2) is 4.57 Å². The summed E-state index contributed by atoms with van der Waals surface area (Å²) in [5.74, 6) is 1.40. The molecule has 0 spiro atoms. The van der Waals surface area contributed by atoms with E-state index in [4.69, 9.17) is 4.52 Å². The van der Waals surface area contributed by atoms with Crippen molar-refractivity contribution in [3.05, 3.63) is 29.8 Å². The molecule has 1 aromatic rings. The fourth-order valence-electron chi connectivity index (χ4n) is 1.34. The molecule has 0 heterocycles. The minimum atomic E-state index is -0.267. The Hall–Kier alpha value is -0.880. The second-order valence-corrected chi connectivity index (χ2v) is 3.31. The van der Waals surface area contributed by atoms with E-state index in [-0.39, 0.29) is 8.69 Å². The van der Waals surface area contributed by atoms with Crippen LogP contribution < -0.4 is 4.52 Å². The molecule has 0 bridgehead atoms. The lowest BCUT2D eigenvalue weighted by molar-refractivity contribution is 0.522. The maximum absolute atomic E-state index is 10.2. The highest BCUT2D eigenvalue weighted by atomic mass is 31.1. The van der Waals surface area contributed by atoms with Crippen molar-refractivity contribution in [1.29, 1.82) is 0 Å². The van der Waals surface area contributed by atoms with Gasteiger partial charge in [0.1, 0.15) is 5.75 Å². The monoisotopic (exact) mass is 180 g/mol. The molecule has 1 aliphatic rings. The Bertz CT molecular complexity index is 294. The Morgan fingerprint density at radius 2 is 2.08 bits per heavy atom. The van der Waals surface area contributed by atoms with Gasteiger partial charge in [-0.3, -0.25) is 0 Å². The highest BCUT2D eigenvalue weighted by molar-refractivity contribution is 7.17. The van der Waals surface area contributed by atoms with Crippen LogP contribution in [0.2, 0.25) is 0 Å². The first-order chi connectivity index (χ1) is 5.92. The van der Waals surface area contributed by atoms with Crippen LogP contribution in [0.3, 0.4) is 0 Å². The lowest BCUT2D eigenvalue weighted by Crippen LogP contribution is -1.84. The number of benzene rings is 1. The first-order valence-corrected chi connectivity index (χ1v) is 4.73. The molecular weight excluding hydrogens is 171 g/mol. The van der Waals surface area contributed by atoms with Gasteiger partial charge in [-0.15, -0.1) is 0 Å². The van der Waals surface area contributed by atoms with Crippen molar-refractivity contribution in [2.24, 2.45) is 0 Å². The first-order valence-electron chi connectivity index (χ1n) is 4.00. The summed E-state index contributed by atoms with van der Waals surface area (Å²) in [5, 5.41) is 0. The second-order valence-electron chi connectivity index (χ2n) is 2.98. The van der Waals surface area contributed by atoms with E-state index in [9.17, 15) is 4.57 Å². The molecule has 3 heteroatoms. The quantitative estimate of drug-likeness (QED) is 0.668. The normalized spacial score (nSPS) is 16.3. The van der Waals surface area contributed by atoms with E-state index in [0.717, 1.165) is 5.75 Å². The number of rotatable bonds is 3. The van der Waals surface area contributed by atoms with Crippen molar-refractivity contribution in [1.82, 2.24) is 0 Å². The summed E-state index contributed by atoms with van der Waals surface area (Å²) < 4.78 is 15.2. The predicted molar refractivity (Wildman–Crippen MR) is 46.7 cm³/mol. The molecule has 0 radical (unpaired) electrons. The average Bonchev–Trinajstić information content (AvgIpc) is 2.89. The molecule has 0 saturated heterocycles. The van der Waals surface area contributed by atoms with Gasteiger partial charge >= 0.3 is 8.69 Å². The molecule has 0 unspecified atom stereocenters. The third kappa shape index (κ3) is 1.49. The molecule has 0 aromatic heterocycles. The van der Waals surface area contributed by atoms with Gasteiger partial charge in [-0.05, 0) is 30.4 Å². The van der Waals surface area contributed by atoms with E-state index in [1.54, 1.807) is 0 Å². The Labute approximate surface area is 72.8 Å². The van der Waals surface area contributed by atoms with Gasteiger partial charge in [0.15, 0.2) is 0 Å². The van der Waals surface area contributed by atoms with E-state index in [1.807, 2.05) is 24.3 Å². The molecule has 62 valence electrons. The Morgan fingerprint density at radius 1 is 1.33 bits per heavy atom. The summed E-state index contributed by atoms with van der Waals surface area (Å²) in [4.78, 5) is 0. The summed E-state index contributed by atoms with van der Waals surface area (Å²) in [6.45, 7) is 0. The van der Waals surface area contributed by atoms with Crippen molar-refractivity contribution >= 4 is 8.69 Å². The van der Waals surface area contributed by atoms with E-state index in [0.29, 0.717) is 5.92 Å². The smallest absolute Gasteiger partial charge is 0.395 e. The molecule has 1 fully saturated rings. The van der Waals surface area contributed by atoms with Gasteiger partial charge in [0.2, 0.25) is 0 Å². The summed E-state index contributed by atoms with van der Waals surface area (Å²) in [7, 11) is -0.267. The predicted octanol–water partition coefficient (Wildman–Crippen LogP) is 3.15. The molecule has 1 saturated carbocycles. The Kier molecular flexibility index (Phi) is 2.09. The summed E-state index contributed by atoms with van der Waals surface area (Å²) in [6, 6.07) is 7.78. The molecule has 1 aliphatic carbocycles. The molecule has 0 atom stereocenters. The Morgan fingerprint density at radius 3 is 2.75 bits per heavy atom. The minimum absolute atomic E-state index is 0.267. The van der Waals surface area contributed by atoms with Crippen LogP contribution in [0.5, 0.6) is 5.75 Å². The van der Waals surface area contributed by atoms with Crippen LogP contribution in [0, 0.1) is 0 Å². The van der Waals surface area contributed by atoms with Gasteiger partial charge in [-0.1, -0.05) is 18.2 Å². The van der Waals surface area contributed by atoms with E-state index >= 15 is 0 Å². The van der Waals surface area contributed by atoms with Gasteiger partial charge in [0.05, 0.1) is 0 Å². The van der Waals surface area contributed by atoms with Crippen molar-refractivity contribution in [3.63, 3.8) is 0 Å². The molecular formula is C9H9O2P. The van der Waals surface area contributed by atoms with Crippen molar-refractivity contribution in [2.45, 2.75) is 18.8 Å². The molecule has 0 N–H and O–H groups in total. The third-order valence-corrected chi connectivity index (χ3v) is 2.34. The number of hydrogen-bond acceptors (Lipinski definition) is 2. The van der Waals surface area contributed by atoms with Gasteiger partial charge in [0.25, 0.3) is 0 Å². The van der Waals surface area contributed by atoms with Crippen LogP contribution in [-0.4, -0.2) is 0 Å². The van der Waals surface area contributed by atoms with Gasteiger partial charge < -0.3 is 4.52 Å². The fourth-order valence-corrected chi connectivity index (χ4v) is 1.58. The number of hydrogen-bond donors (Lipinski definition) is 0. The maximum atomic E-state index is 10.2. The fraction of sp³-hybridized carbons (Fsp3) is 0.333. The lowest BCUT2D eigenvalue weighted by Gasteiger charge is -2.03. The van der Waals surface area contributed by atoms with Gasteiger partial charge in [-0.2, -0.15) is 0 Å².